The fourth-order valence-electron chi connectivity index (χ4n) is 9.62. The molecular formula is C82H100Br2Cl3N17O9Si3. The first kappa shape index (κ1) is 97.4. The Balaban J connectivity index is 0.000000246. The van der Waals surface area contributed by atoms with E-state index in [0.29, 0.717) is 106 Å². The lowest BCUT2D eigenvalue weighted by atomic mass is 10.2. The van der Waals surface area contributed by atoms with Crippen molar-refractivity contribution in [1.29, 1.82) is 26.3 Å². The molecule has 11 rings (SSSR count). The first-order valence-electron chi connectivity index (χ1n) is 37.0. The molecule has 2 unspecified atom stereocenters. The Bertz CT molecular complexity index is 4970. The number of carbonyl (C=O) groups is 2. The zero-order valence-electron chi connectivity index (χ0n) is 68.5. The van der Waals surface area contributed by atoms with Gasteiger partial charge in [-0.25, -0.2) is 39.5 Å². The second-order valence-corrected chi connectivity index (χ2v) is 48.0. The summed E-state index contributed by atoms with van der Waals surface area (Å²) in [4.78, 5) is 49.9. The van der Waals surface area contributed by atoms with Crippen molar-refractivity contribution < 1.29 is 42.2 Å². The van der Waals surface area contributed by atoms with E-state index in [2.05, 4.69) is 191 Å². The summed E-state index contributed by atoms with van der Waals surface area (Å²) in [6.45, 7) is 41.5. The molecule has 0 bridgehead atoms. The summed E-state index contributed by atoms with van der Waals surface area (Å²) >= 11 is 23.4. The molecule has 1 saturated carbocycles. The Morgan fingerprint density at radius 1 is 0.543 bits per heavy atom. The number of rotatable bonds is 20. The van der Waals surface area contributed by atoms with Crippen molar-refractivity contribution in [3.63, 3.8) is 0 Å². The average molecular weight is 1820 g/mol. The van der Waals surface area contributed by atoms with Crippen molar-refractivity contribution >= 4 is 109 Å². The van der Waals surface area contributed by atoms with Crippen molar-refractivity contribution in [2.45, 2.75) is 182 Å². The number of hydrogen-bond donors (Lipinski definition) is 1. The Hall–Kier alpha value is -9.22. The molecule has 1 aliphatic carbocycles. The number of piperidine rings is 1. The van der Waals surface area contributed by atoms with Crippen LogP contribution in [0.5, 0.6) is 0 Å². The van der Waals surface area contributed by atoms with Gasteiger partial charge in [0.25, 0.3) is 5.69 Å². The number of alkyl halides is 1. The fraction of sp³-hybridized carbons (Fsp3) is 0.415. The number of aliphatic hydroxyl groups is 1. The second kappa shape index (κ2) is 45.5. The highest BCUT2D eigenvalue weighted by molar-refractivity contribution is 9.10. The summed E-state index contributed by atoms with van der Waals surface area (Å²) in [5, 5.41) is 74.4. The van der Waals surface area contributed by atoms with Crippen molar-refractivity contribution in [1.82, 2.24) is 49.5 Å². The molecule has 26 nitrogen and oxygen atoms in total. The first-order valence-corrected chi connectivity index (χ1v) is 48.6. The van der Waals surface area contributed by atoms with E-state index >= 15 is 0 Å². The fourth-order valence-corrected chi connectivity index (χ4v) is 13.7. The molecule has 2 fully saturated rings. The summed E-state index contributed by atoms with van der Waals surface area (Å²) in [6.07, 6.45) is 13.8. The number of aromatic nitrogens is 11. The third-order valence-corrected chi connectivity index (χ3v) is 35.3. The minimum atomic E-state index is -1.86. The molecule has 614 valence electrons. The molecule has 34 heteroatoms. The van der Waals surface area contributed by atoms with Crippen LogP contribution in [0, 0.1) is 73.7 Å². The molecule has 0 radical (unpaired) electrons. The Kier molecular flexibility index (Phi) is 38.2. The SMILES string of the molecule is CC(C)(C)[Si](C)(C)OCc1ccc[n+]([O-])c1C#N.CC(C)(C)[Si](C)(C)OCc1cccnc1Br.CC(C)(C)[Si](C)(C)OCc1cccnc1C#N.CCOC(=O)c1cnn(Cc2ccc(Cl)nc2C#N)c1.CCOC(=O)c1cnn(Cc2ccc(N3CC4CC4C3)nc2C#N)c1.N#Cc1nc(Cl)ccc1CCl.OCc1cccnc1Br. The van der Waals surface area contributed by atoms with Crippen LogP contribution < -0.4 is 9.63 Å². The lowest BCUT2D eigenvalue weighted by Gasteiger charge is -2.36. The number of nitriles is 5. The van der Waals surface area contributed by atoms with Crippen LogP contribution in [0.3, 0.4) is 0 Å². The van der Waals surface area contributed by atoms with E-state index in [9.17, 15) is 20.1 Å². The van der Waals surface area contributed by atoms with Crippen LogP contribution in [0.15, 0.2) is 144 Å². The number of pyridine rings is 7. The summed E-state index contributed by atoms with van der Waals surface area (Å²) in [7, 11) is -5.28. The van der Waals surface area contributed by atoms with Crippen molar-refractivity contribution in [3.8, 4) is 30.3 Å². The van der Waals surface area contributed by atoms with E-state index in [1.54, 1.807) is 92.0 Å². The maximum Gasteiger partial charge on any atom is 0.341 e. The van der Waals surface area contributed by atoms with Gasteiger partial charge in [-0.15, -0.1) is 11.6 Å². The number of esters is 2. The van der Waals surface area contributed by atoms with Crippen molar-refractivity contribution in [2.24, 2.45) is 11.8 Å². The summed E-state index contributed by atoms with van der Waals surface area (Å²) in [5.74, 6) is 1.98. The van der Waals surface area contributed by atoms with E-state index in [1.165, 1.54) is 29.7 Å². The quantitative estimate of drug-likeness (QED) is 0.0185. The summed E-state index contributed by atoms with van der Waals surface area (Å²) in [5.41, 5.74) is 7.94. The van der Waals surface area contributed by atoms with Crippen molar-refractivity contribution in [2.75, 3.05) is 31.2 Å². The minimum Gasteiger partial charge on any atom is -0.618 e. The largest absolute Gasteiger partial charge is 0.618 e. The molecule has 10 heterocycles. The topological polar surface area (TPSA) is 363 Å². The van der Waals surface area contributed by atoms with Crippen LogP contribution in [0.1, 0.15) is 171 Å². The number of carbonyl (C=O) groups excluding carboxylic acids is 2. The lowest BCUT2D eigenvalue weighted by Crippen LogP contribution is -2.41. The molecule has 0 amide bonds. The zero-order chi connectivity index (χ0) is 86.4. The highest BCUT2D eigenvalue weighted by Gasteiger charge is 2.46. The molecule has 2 atom stereocenters. The molecular weight excluding hydrogens is 1720 g/mol. The number of halogens is 5. The molecule has 9 aromatic heterocycles. The molecule has 1 aliphatic heterocycles. The van der Waals surface area contributed by atoms with Crippen LogP contribution in [-0.4, -0.2) is 118 Å². The molecule has 0 spiro atoms. The average Bonchev–Trinajstić information content (AvgIpc) is 1.62. The van der Waals surface area contributed by atoms with E-state index in [-0.39, 0.29) is 44.1 Å². The van der Waals surface area contributed by atoms with Crippen LogP contribution in [-0.2, 0) is 68.1 Å². The Morgan fingerprint density at radius 2 is 0.940 bits per heavy atom. The molecule has 1 N–H and O–H groups in total. The molecule has 9 aromatic rings. The number of hydrogen-bond acceptors (Lipinski definition) is 23. The standard InChI is InChI=1S/C18H19N5O2.C13H11ClN4O2.C13H20N2O2Si.C13H20N2OSi.C12H20BrNOSi.C7H4Cl2N2.C6H6BrNO/c1-2-25-18(24)15-7-20-23(11-15)10-12-3-4-17(21-16(12)6-19)22-8-13-5-14(13)9-22;1-2-20-13(19)10-6-16-18(8-10)7-9-3-4-12(14)17-11(9)5-15;1-13(2,3)18(4,5)17-10-11-7-6-8-15(16)12(11)9-14;1-13(2,3)17(4,5)16-10-11-7-6-8-15-12(11)9-14;1-12(2,3)16(4,5)15-9-10-7-6-8-14-11(10)13;8-3-5-1-2-7(9)11-6(5)4-10;7-6-5(4-9)2-1-3-8-6/h3-4,7,11,13-14H,2,5,8-10H2,1H3;3-4,6,8H,2,7H2,1H3;6-8H,10H2,1-5H3;6-8H,10H2,1-5H3;6-8H,9H2,1-5H3;1-2H,3H2;1-3,9H,4H2. The highest BCUT2D eigenvalue weighted by atomic mass is 79.9. The zero-order valence-corrected chi connectivity index (χ0v) is 77.0. The molecule has 0 aromatic carbocycles. The van der Waals surface area contributed by atoms with Gasteiger partial charge < -0.3 is 38.0 Å². The van der Waals surface area contributed by atoms with E-state index in [1.807, 2.05) is 60.7 Å². The summed E-state index contributed by atoms with van der Waals surface area (Å²) < 4.78 is 33.4. The first-order chi connectivity index (χ1) is 54.6. The highest BCUT2D eigenvalue weighted by Crippen LogP contribution is 2.46. The number of nitrogens with zero attached hydrogens (tertiary/aromatic N) is 17. The Morgan fingerprint density at radius 3 is 1.35 bits per heavy atom. The van der Waals surface area contributed by atoms with E-state index < -0.39 is 36.9 Å². The third-order valence-electron chi connectivity index (χ3n) is 19.7. The molecule has 116 heavy (non-hydrogen) atoms. The van der Waals surface area contributed by atoms with Gasteiger partial charge in [-0.3, -0.25) is 9.36 Å². The summed E-state index contributed by atoms with van der Waals surface area (Å²) in [6, 6.07) is 35.3. The number of fused-ring (bicyclic) bond motifs is 1. The predicted octanol–water partition coefficient (Wildman–Crippen LogP) is 18.1. The van der Waals surface area contributed by atoms with E-state index in [4.69, 9.17) is 83.7 Å². The van der Waals surface area contributed by atoms with Gasteiger partial charge in [0.2, 0.25) is 0 Å². The third kappa shape index (κ3) is 30.1. The van der Waals surface area contributed by atoms with Gasteiger partial charge in [0, 0.05) is 83.5 Å². The maximum absolute atomic E-state index is 11.7. The van der Waals surface area contributed by atoms with Gasteiger partial charge in [0.1, 0.15) is 72.4 Å². The van der Waals surface area contributed by atoms with Gasteiger partial charge in [-0.1, -0.05) is 122 Å². The van der Waals surface area contributed by atoms with Crippen LogP contribution >= 0.6 is 66.7 Å². The minimum absolute atomic E-state index is 0.0361. The van der Waals surface area contributed by atoms with Crippen LogP contribution in [0.25, 0.3) is 0 Å². The lowest BCUT2D eigenvalue weighted by molar-refractivity contribution is -0.608. The molecule has 1 saturated heterocycles. The number of anilines is 1. The van der Waals surface area contributed by atoms with Crippen molar-refractivity contribution in [3.05, 3.63) is 238 Å². The van der Waals surface area contributed by atoms with Gasteiger partial charge in [-0.2, -0.15) is 41.2 Å². The van der Waals surface area contributed by atoms with Gasteiger partial charge >= 0.3 is 11.9 Å². The van der Waals surface area contributed by atoms with Crippen LogP contribution in [0.4, 0.5) is 5.82 Å². The smallest absolute Gasteiger partial charge is 0.341 e. The maximum atomic E-state index is 11.7. The normalized spacial score (nSPS) is 13.3. The van der Waals surface area contributed by atoms with Crippen LogP contribution in [0.2, 0.25) is 64.7 Å². The number of ether oxygens (including phenoxy) is 2. The van der Waals surface area contributed by atoms with Gasteiger partial charge in [0.15, 0.2) is 37.2 Å². The monoisotopic (exact) mass is 1810 g/mol. The van der Waals surface area contributed by atoms with E-state index in [0.717, 1.165) is 57.6 Å². The predicted molar refractivity (Wildman–Crippen MR) is 460 cm³/mol. The number of aliphatic hydroxyl groups excluding tert-OH is 1. The second-order valence-electron chi connectivity index (χ2n) is 31.0. The Labute approximate surface area is 715 Å². The van der Waals surface area contributed by atoms with Gasteiger partial charge in [-0.05, 0) is 161 Å². The molecule has 2 aliphatic rings. The van der Waals surface area contributed by atoms with Gasteiger partial charge in [0.05, 0.1) is 87.7 Å².